The van der Waals surface area contributed by atoms with Crippen molar-refractivity contribution in [1.82, 2.24) is 5.32 Å². The Morgan fingerprint density at radius 2 is 2.00 bits per heavy atom. The number of hydrogen-bond donors (Lipinski definition) is 2. The molecule has 7 heteroatoms. The molecule has 1 aromatic heterocycles. The van der Waals surface area contributed by atoms with Crippen molar-refractivity contribution in [2.75, 3.05) is 18.4 Å². The van der Waals surface area contributed by atoms with Crippen molar-refractivity contribution in [3.05, 3.63) is 64.1 Å². The third kappa shape index (κ3) is 4.72. The smallest absolute Gasteiger partial charge is 0.269 e. The van der Waals surface area contributed by atoms with Crippen LogP contribution in [0.3, 0.4) is 0 Å². The lowest BCUT2D eigenvalue weighted by Crippen LogP contribution is -2.27. The highest BCUT2D eigenvalue weighted by atomic mass is 16.6. The molecule has 1 aliphatic carbocycles. The lowest BCUT2D eigenvalue weighted by atomic mass is 10.3. The minimum absolute atomic E-state index is 0.0474. The molecule has 0 saturated heterocycles. The number of nitrogens with one attached hydrogen (secondary N) is 2. The van der Waals surface area contributed by atoms with E-state index < -0.39 is 4.92 Å². The molecule has 1 amide bonds. The molecule has 3 rings (SSSR count). The van der Waals surface area contributed by atoms with E-state index in [4.69, 9.17) is 4.42 Å². The second-order valence-electron chi connectivity index (χ2n) is 6.41. The van der Waals surface area contributed by atoms with Crippen molar-refractivity contribution >= 4 is 23.4 Å². The maximum atomic E-state index is 11.8. The van der Waals surface area contributed by atoms with Crippen LogP contribution in [0.4, 0.5) is 11.4 Å². The predicted octanol–water partition coefficient (Wildman–Crippen LogP) is 3.55. The summed E-state index contributed by atoms with van der Waals surface area (Å²) in [6, 6.07) is 9.98. The number of nitro benzene ring substituents is 1. The molecule has 1 heterocycles. The standard InChI is InChI=1S/C19H21N3O4/c1-13-12-17(13)18-8-6-16(26-18)7-9-19(23)21-11-10-20-14-2-4-15(5-3-14)22(24)25/h2-9,13,17,20H,10-12H2,1H3,(H,21,23)/b9-7+. The second kappa shape index (κ2) is 7.86. The van der Waals surface area contributed by atoms with Gasteiger partial charge in [0.2, 0.25) is 5.91 Å². The van der Waals surface area contributed by atoms with Gasteiger partial charge in [0.05, 0.1) is 4.92 Å². The molecule has 1 saturated carbocycles. The summed E-state index contributed by atoms with van der Waals surface area (Å²) in [5.74, 6) is 2.68. The van der Waals surface area contributed by atoms with Gasteiger partial charge in [0, 0.05) is 42.9 Å². The molecular weight excluding hydrogens is 334 g/mol. The van der Waals surface area contributed by atoms with E-state index in [2.05, 4.69) is 17.6 Å². The zero-order valence-electron chi connectivity index (χ0n) is 14.5. The van der Waals surface area contributed by atoms with Crippen LogP contribution in [-0.4, -0.2) is 23.9 Å². The minimum atomic E-state index is -0.441. The number of anilines is 1. The van der Waals surface area contributed by atoms with Crippen molar-refractivity contribution in [3.63, 3.8) is 0 Å². The molecule has 2 aromatic rings. The van der Waals surface area contributed by atoms with Gasteiger partial charge in [-0.3, -0.25) is 14.9 Å². The first kappa shape index (κ1) is 17.7. The molecule has 0 radical (unpaired) electrons. The van der Waals surface area contributed by atoms with E-state index in [0.717, 1.165) is 11.4 Å². The maximum Gasteiger partial charge on any atom is 0.269 e. The van der Waals surface area contributed by atoms with Gasteiger partial charge in [-0.05, 0) is 42.7 Å². The first-order valence-electron chi connectivity index (χ1n) is 8.57. The molecule has 2 unspecified atom stereocenters. The van der Waals surface area contributed by atoms with Crippen LogP contribution in [-0.2, 0) is 4.79 Å². The molecule has 1 aliphatic rings. The van der Waals surface area contributed by atoms with Gasteiger partial charge in [-0.2, -0.15) is 0 Å². The molecule has 2 N–H and O–H groups in total. The zero-order valence-corrected chi connectivity index (χ0v) is 14.5. The number of non-ortho nitro benzene ring substituents is 1. The third-order valence-electron chi connectivity index (χ3n) is 4.35. The van der Waals surface area contributed by atoms with Crippen molar-refractivity contribution in [3.8, 4) is 0 Å². The van der Waals surface area contributed by atoms with Gasteiger partial charge >= 0.3 is 0 Å². The Hall–Kier alpha value is -3.09. The number of amides is 1. The minimum Gasteiger partial charge on any atom is -0.461 e. The van der Waals surface area contributed by atoms with Crippen molar-refractivity contribution in [1.29, 1.82) is 0 Å². The Balaban J connectivity index is 1.37. The van der Waals surface area contributed by atoms with Crippen LogP contribution in [0.5, 0.6) is 0 Å². The Bertz CT molecular complexity index is 810. The van der Waals surface area contributed by atoms with E-state index in [1.54, 1.807) is 18.2 Å². The Kier molecular flexibility index (Phi) is 5.36. The van der Waals surface area contributed by atoms with Crippen LogP contribution in [0, 0.1) is 16.0 Å². The van der Waals surface area contributed by atoms with Crippen molar-refractivity contribution < 1.29 is 14.1 Å². The normalized spacial score (nSPS) is 18.7. The topological polar surface area (TPSA) is 97.4 Å². The molecule has 0 bridgehead atoms. The maximum absolute atomic E-state index is 11.8. The van der Waals surface area contributed by atoms with Gasteiger partial charge in [-0.15, -0.1) is 0 Å². The first-order valence-corrected chi connectivity index (χ1v) is 8.57. The molecule has 136 valence electrons. The fourth-order valence-corrected chi connectivity index (χ4v) is 2.69. The summed E-state index contributed by atoms with van der Waals surface area (Å²) in [5.41, 5.74) is 0.809. The lowest BCUT2D eigenvalue weighted by Gasteiger charge is -2.06. The molecule has 0 aliphatic heterocycles. The summed E-state index contributed by atoms with van der Waals surface area (Å²) < 4.78 is 5.71. The van der Waals surface area contributed by atoms with E-state index in [1.807, 2.05) is 12.1 Å². The molecule has 1 fully saturated rings. The molecular formula is C19H21N3O4. The van der Waals surface area contributed by atoms with Crippen LogP contribution in [0.25, 0.3) is 6.08 Å². The van der Waals surface area contributed by atoms with Crippen LogP contribution in [0.15, 0.2) is 46.9 Å². The Morgan fingerprint density at radius 3 is 2.65 bits per heavy atom. The number of carbonyl (C=O) groups excluding carboxylic acids is 1. The van der Waals surface area contributed by atoms with E-state index in [-0.39, 0.29) is 11.6 Å². The van der Waals surface area contributed by atoms with Crippen LogP contribution in [0.1, 0.15) is 30.8 Å². The number of furan rings is 1. The Labute approximate surface area is 151 Å². The van der Waals surface area contributed by atoms with Gasteiger partial charge in [-0.25, -0.2) is 0 Å². The first-order chi connectivity index (χ1) is 12.5. The van der Waals surface area contributed by atoms with E-state index in [0.29, 0.717) is 30.7 Å². The molecule has 0 spiro atoms. The summed E-state index contributed by atoms with van der Waals surface area (Å²) >= 11 is 0. The number of nitrogens with zero attached hydrogens (tertiary/aromatic N) is 1. The van der Waals surface area contributed by atoms with E-state index in [9.17, 15) is 14.9 Å². The van der Waals surface area contributed by atoms with Crippen LogP contribution >= 0.6 is 0 Å². The molecule has 1 aromatic carbocycles. The van der Waals surface area contributed by atoms with Crippen LogP contribution < -0.4 is 10.6 Å². The fourth-order valence-electron chi connectivity index (χ4n) is 2.69. The number of rotatable bonds is 8. The summed E-state index contributed by atoms with van der Waals surface area (Å²) in [5, 5.41) is 16.4. The summed E-state index contributed by atoms with van der Waals surface area (Å²) in [4.78, 5) is 22.0. The fraction of sp³-hybridized carbons (Fsp3) is 0.316. The van der Waals surface area contributed by atoms with Gasteiger partial charge in [-0.1, -0.05) is 6.92 Å². The highest BCUT2D eigenvalue weighted by Crippen LogP contribution is 2.47. The summed E-state index contributed by atoms with van der Waals surface area (Å²) in [6.07, 6.45) is 4.28. The van der Waals surface area contributed by atoms with E-state index >= 15 is 0 Å². The number of carbonyl (C=O) groups is 1. The summed E-state index contributed by atoms with van der Waals surface area (Å²) in [6.45, 7) is 3.14. The Morgan fingerprint density at radius 1 is 1.27 bits per heavy atom. The molecule has 2 atom stereocenters. The molecule has 7 nitrogen and oxygen atoms in total. The van der Waals surface area contributed by atoms with Gasteiger partial charge in [0.25, 0.3) is 5.69 Å². The predicted molar refractivity (Wildman–Crippen MR) is 98.9 cm³/mol. The molecule has 26 heavy (non-hydrogen) atoms. The van der Waals surface area contributed by atoms with Crippen LogP contribution in [0.2, 0.25) is 0 Å². The SMILES string of the molecule is CC1CC1c1ccc(/C=C/C(=O)NCCNc2ccc([N+](=O)[O-])cc2)o1. The number of hydrogen-bond acceptors (Lipinski definition) is 5. The third-order valence-corrected chi connectivity index (χ3v) is 4.35. The monoisotopic (exact) mass is 355 g/mol. The largest absolute Gasteiger partial charge is 0.461 e. The van der Waals surface area contributed by atoms with Gasteiger partial charge < -0.3 is 15.1 Å². The van der Waals surface area contributed by atoms with Gasteiger partial charge in [0.15, 0.2) is 0 Å². The lowest BCUT2D eigenvalue weighted by molar-refractivity contribution is -0.384. The quantitative estimate of drug-likeness (QED) is 0.327. The zero-order chi connectivity index (χ0) is 18.5. The highest BCUT2D eigenvalue weighted by Gasteiger charge is 2.36. The van der Waals surface area contributed by atoms with Crippen molar-refractivity contribution in [2.45, 2.75) is 19.3 Å². The average molecular weight is 355 g/mol. The second-order valence-corrected chi connectivity index (χ2v) is 6.41. The number of benzene rings is 1. The summed E-state index contributed by atoms with van der Waals surface area (Å²) in [7, 11) is 0. The highest BCUT2D eigenvalue weighted by molar-refractivity contribution is 5.91. The van der Waals surface area contributed by atoms with Gasteiger partial charge in [0.1, 0.15) is 11.5 Å². The van der Waals surface area contributed by atoms with E-state index in [1.165, 1.54) is 24.6 Å². The average Bonchev–Trinajstić information content (AvgIpc) is 3.17. The van der Waals surface area contributed by atoms with Crippen molar-refractivity contribution in [2.24, 2.45) is 5.92 Å². The number of nitro groups is 1.